The predicted octanol–water partition coefficient (Wildman–Crippen LogP) is 13.1. The summed E-state index contributed by atoms with van der Waals surface area (Å²) in [7, 11) is 0. The first kappa shape index (κ1) is 31.3. The molecule has 0 atom stereocenters. The second kappa shape index (κ2) is 12.4. The normalized spacial score (nSPS) is 13.0. The molecule has 0 saturated carbocycles. The Morgan fingerprint density at radius 2 is 0.849 bits per heavy atom. The molecule has 0 spiro atoms. The van der Waals surface area contributed by atoms with E-state index >= 15 is 0 Å². The van der Waals surface area contributed by atoms with E-state index in [2.05, 4.69) is 117 Å². The Bertz CT molecular complexity index is 2780. The van der Waals surface area contributed by atoms with E-state index in [9.17, 15) is 0 Å². The van der Waals surface area contributed by atoms with Gasteiger partial charge in [-0.25, -0.2) is 15.0 Å². The lowest BCUT2D eigenvalue weighted by Gasteiger charge is -2.29. The minimum Gasteiger partial charge on any atom is -0.208 e. The van der Waals surface area contributed by atoms with Gasteiger partial charge in [-0.3, -0.25) is 0 Å². The number of aromatic nitrogens is 3. The van der Waals surface area contributed by atoms with Crippen molar-refractivity contribution in [2.75, 3.05) is 0 Å². The highest BCUT2D eigenvalue weighted by atomic mass is 15.0. The topological polar surface area (TPSA) is 38.7 Å². The molecule has 0 aliphatic heterocycles. The number of hydrogen-bond acceptors (Lipinski definition) is 3. The highest BCUT2D eigenvalue weighted by molar-refractivity contribution is 6.29. The van der Waals surface area contributed by atoms with Gasteiger partial charge in [-0.1, -0.05) is 172 Å². The molecule has 0 unspecified atom stereocenters. The van der Waals surface area contributed by atoms with E-state index in [-0.39, 0.29) is 5.41 Å². The fraction of sp³-hybridized carbons (Fsp3) is 0.100. The van der Waals surface area contributed by atoms with E-state index < -0.39 is 0 Å². The number of hydrogen-bond donors (Lipinski definition) is 0. The van der Waals surface area contributed by atoms with Crippen LogP contribution in [0.5, 0.6) is 0 Å². The minimum atomic E-state index is 0.0298. The molecule has 0 bridgehead atoms. The first-order chi connectivity index (χ1) is 26.2. The SMILES string of the molecule is CCC1(CC)c2ccccc2-c2c1ccc1c3ccccc3c3cc(-c4ccc(-c5nc(-c6ccccc6)nc(-c6ccccc6)n5)cc4)ccc3c21. The van der Waals surface area contributed by atoms with Crippen molar-refractivity contribution in [3.8, 4) is 56.4 Å². The van der Waals surface area contributed by atoms with Gasteiger partial charge in [0.05, 0.1) is 0 Å². The van der Waals surface area contributed by atoms with Gasteiger partial charge in [0.25, 0.3) is 0 Å². The summed E-state index contributed by atoms with van der Waals surface area (Å²) < 4.78 is 0. The molecule has 53 heavy (non-hydrogen) atoms. The Morgan fingerprint density at radius 1 is 0.377 bits per heavy atom. The molecule has 8 aromatic carbocycles. The Balaban J connectivity index is 1.13. The molecule has 1 aliphatic carbocycles. The molecule has 1 heterocycles. The predicted molar refractivity (Wildman–Crippen MR) is 221 cm³/mol. The Hall–Kier alpha value is -6.45. The average molecular weight is 680 g/mol. The summed E-state index contributed by atoms with van der Waals surface area (Å²) in [4.78, 5) is 14.8. The van der Waals surface area contributed by atoms with Crippen molar-refractivity contribution in [1.29, 1.82) is 0 Å². The summed E-state index contributed by atoms with van der Waals surface area (Å²) in [5.41, 5.74) is 11.0. The molecule has 1 aromatic heterocycles. The van der Waals surface area contributed by atoms with E-state index in [0.29, 0.717) is 17.5 Å². The van der Waals surface area contributed by atoms with Crippen LogP contribution in [0.2, 0.25) is 0 Å². The second-order valence-electron chi connectivity index (χ2n) is 14.2. The van der Waals surface area contributed by atoms with Gasteiger partial charge in [0, 0.05) is 22.1 Å². The average Bonchev–Trinajstić information content (AvgIpc) is 3.54. The highest BCUT2D eigenvalue weighted by Crippen LogP contribution is 2.56. The summed E-state index contributed by atoms with van der Waals surface area (Å²) in [5, 5.41) is 7.86. The van der Waals surface area contributed by atoms with Crippen molar-refractivity contribution in [3.05, 3.63) is 175 Å². The van der Waals surface area contributed by atoms with Crippen LogP contribution in [0.4, 0.5) is 0 Å². The summed E-state index contributed by atoms with van der Waals surface area (Å²) in [5.74, 6) is 1.98. The third-order valence-electron chi connectivity index (χ3n) is 11.6. The van der Waals surface area contributed by atoms with Crippen LogP contribution >= 0.6 is 0 Å². The molecular formula is C50H37N3. The Morgan fingerprint density at radius 3 is 1.47 bits per heavy atom. The quantitative estimate of drug-likeness (QED) is 0.164. The lowest BCUT2D eigenvalue weighted by molar-refractivity contribution is 0.491. The second-order valence-corrected chi connectivity index (χ2v) is 14.2. The Labute approximate surface area is 309 Å². The zero-order valence-electron chi connectivity index (χ0n) is 29.8. The van der Waals surface area contributed by atoms with Crippen LogP contribution in [-0.4, -0.2) is 15.0 Å². The van der Waals surface area contributed by atoms with Gasteiger partial charge in [0.15, 0.2) is 17.5 Å². The van der Waals surface area contributed by atoms with Gasteiger partial charge in [0.1, 0.15) is 0 Å². The van der Waals surface area contributed by atoms with Crippen LogP contribution in [0, 0.1) is 0 Å². The van der Waals surface area contributed by atoms with Gasteiger partial charge in [-0.05, 0) is 84.6 Å². The molecule has 3 nitrogen and oxygen atoms in total. The van der Waals surface area contributed by atoms with Crippen LogP contribution in [0.3, 0.4) is 0 Å². The number of fused-ring (bicyclic) bond motifs is 10. The maximum atomic E-state index is 4.95. The lowest BCUT2D eigenvalue weighted by Crippen LogP contribution is -2.22. The smallest absolute Gasteiger partial charge is 0.164 e. The summed E-state index contributed by atoms with van der Waals surface area (Å²) >= 11 is 0. The fourth-order valence-corrected chi connectivity index (χ4v) is 8.93. The van der Waals surface area contributed by atoms with Crippen molar-refractivity contribution in [3.63, 3.8) is 0 Å². The number of rotatable bonds is 6. The van der Waals surface area contributed by atoms with E-state index in [1.165, 1.54) is 60.1 Å². The molecule has 0 fully saturated rings. The third kappa shape index (κ3) is 4.84. The van der Waals surface area contributed by atoms with Gasteiger partial charge < -0.3 is 0 Å². The maximum absolute atomic E-state index is 4.95. The molecule has 0 amide bonds. The number of nitrogens with zero attached hydrogens (tertiary/aromatic N) is 3. The zero-order chi connectivity index (χ0) is 35.5. The largest absolute Gasteiger partial charge is 0.208 e. The first-order valence-corrected chi connectivity index (χ1v) is 18.7. The third-order valence-corrected chi connectivity index (χ3v) is 11.6. The first-order valence-electron chi connectivity index (χ1n) is 18.7. The molecule has 1 aliphatic rings. The highest BCUT2D eigenvalue weighted by Gasteiger charge is 2.41. The van der Waals surface area contributed by atoms with Crippen LogP contribution < -0.4 is 0 Å². The Kier molecular flexibility index (Phi) is 7.29. The molecule has 3 heteroatoms. The van der Waals surface area contributed by atoms with E-state index in [1.807, 2.05) is 60.7 Å². The van der Waals surface area contributed by atoms with Gasteiger partial charge in [-0.15, -0.1) is 0 Å². The molecule has 0 radical (unpaired) electrons. The van der Waals surface area contributed by atoms with Crippen LogP contribution in [0.1, 0.15) is 37.8 Å². The molecule has 9 aromatic rings. The van der Waals surface area contributed by atoms with Crippen LogP contribution in [0.25, 0.3) is 88.7 Å². The van der Waals surface area contributed by atoms with Gasteiger partial charge in [-0.2, -0.15) is 0 Å². The summed E-state index contributed by atoms with van der Waals surface area (Å²) in [6, 6.07) is 58.8. The summed E-state index contributed by atoms with van der Waals surface area (Å²) in [6.45, 7) is 4.70. The monoisotopic (exact) mass is 679 g/mol. The molecular weight excluding hydrogens is 643 g/mol. The van der Waals surface area contributed by atoms with Crippen molar-refractivity contribution in [1.82, 2.24) is 15.0 Å². The van der Waals surface area contributed by atoms with Gasteiger partial charge in [0.2, 0.25) is 0 Å². The van der Waals surface area contributed by atoms with Crippen molar-refractivity contribution >= 4 is 32.3 Å². The van der Waals surface area contributed by atoms with E-state index in [1.54, 1.807) is 0 Å². The maximum Gasteiger partial charge on any atom is 0.164 e. The standard InChI is InChI=1S/C50H37N3/c1-3-50(4-2)43-22-14-13-21-41(43)46-44(50)30-29-39-37-19-11-12-20-38(37)42-31-36(27-28-40(42)45(39)46)32-23-25-35(26-24-32)49-52-47(33-15-7-5-8-16-33)51-48(53-49)34-17-9-6-10-18-34/h5-31H,3-4H2,1-2H3. The van der Waals surface area contributed by atoms with Crippen LogP contribution in [0.15, 0.2) is 164 Å². The number of benzene rings is 8. The van der Waals surface area contributed by atoms with Crippen molar-refractivity contribution in [2.45, 2.75) is 32.1 Å². The molecule has 252 valence electrons. The van der Waals surface area contributed by atoms with Gasteiger partial charge >= 0.3 is 0 Å². The van der Waals surface area contributed by atoms with Crippen molar-refractivity contribution < 1.29 is 0 Å². The van der Waals surface area contributed by atoms with Crippen molar-refractivity contribution in [2.24, 2.45) is 0 Å². The van der Waals surface area contributed by atoms with Crippen LogP contribution in [-0.2, 0) is 5.41 Å². The zero-order valence-corrected chi connectivity index (χ0v) is 29.8. The fourth-order valence-electron chi connectivity index (χ4n) is 8.93. The minimum absolute atomic E-state index is 0.0298. The van der Waals surface area contributed by atoms with E-state index in [4.69, 9.17) is 15.0 Å². The molecule has 10 rings (SSSR count). The molecule has 0 saturated heterocycles. The van der Waals surface area contributed by atoms with E-state index in [0.717, 1.165) is 35.1 Å². The molecule has 0 N–H and O–H groups in total. The summed E-state index contributed by atoms with van der Waals surface area (Å²) in [6.07, 6.45) is 2.16. The lowest BCUT2D eigenvalue weighted by atomic mass is 9.73.